The van der Waals surface area contributed by atoms with Crippen LogP contribution in [-0.2, 0) is 0 Å². The topological polar surface area (TPSA) is 63.8 Å². The van der Waals surface area contributed by atoms with Gasteiger partial charge in [0.25, 0.3) is 0 Å². The molecule has 0 saturated heterocycles. The maximum Gasteiger partial charge on any atom is 0.180 e. The summed E-state index contributed by atoms with van der Waals surface area (Å²) >= 11 is 0. The molecular weight excluding hydrogens is 196 g/mol. The first-order valence-electron chi connectivity index (χ1n) is 4.39. The molecule has 0 bridgehead atoms. The fourth-order valence-corrected chi connectivity index (χ4v) is 1.33. The van der Waals surface area contributed by atoms with Crippen molar-refractivity contribution in [2.24, 2.45) is 0 Å². The van der Waals surface area contributed by atoms with E-state index < -0.39 is 0 Å². The van der Waals surface area contributed by atoms with Gasteiger partial charge >= 0.3 is 0 Å². The Balaban J connectivity index is 2.69. The summed E-state index contributed by atoms with van der Waals surface area (Å²) in [6.07, 6.45) is 1.60. The molecule has 0 atom stereocenters. The van der Waals surface area contributed by atoms with Crippen molar-refractivity contribution in [3.05, 3.63) is 24.0 Å². The van der Waals surface area contributed by atoms with Crippen LogP contribution >= 0.6 is 0 Å². The van der Waals surface area contributed by atoms with Gasteiger partial charge in [0, 0.05) is 13.0 Å². The van der Waals surface area contributed by atoms with Crippen LogP contribution in [0.4, 0.5) is 0 Å². The fraction of sp³-hybridized carbons (Fsp3) is 0.200. The van der Waals surface area contributed by atoms with Gasteiger partial charge < -0.3 is 9.84 Å². The normalized spacial score (nSPS) is 10.5. The summed E-state index contributed by atoms with van der Waals surface area (Å²) in [7, 11) is 1.50. The van der Waals surface area contributed by atoms with Gasteiger partial charge in [-0.3, -0.25) is 4.79 Å². The lowest BCUT2D eigenvalue weighted by molar-refractivity contribution is 0.101. The molecule has 0 aliphatic rings. The quantitative estimate of drug-likeness (QED) is 0.751. The van der Waals surface area contributed by atoms with Gasteiger partial charge in [-0.15, -0.1) is 0 Å². The lowest BCUT2D eigenvalue weighted by atomic mass is 10.3. The minimum absolute atomic E-state index is 0.0364. The third-order valence-corrected chi connectivity index (χ3v) is 2.12. The first-order chi connectivity index (χ1) is 7.11. The van der Waals surface area contributed by atoms with Crippen molar-refractivity contribution in [1.29, 1.82) is 0 Å². The van der Waals surface area contributed by atoms with Gasteiger partial charge in [-0.2, -0.15) is 5.10 Å². The number of ether oxygens (including phenoxy) is 1. The maximum absolute atomic E-state index is 11.1. The Kier molecular flexibility index (Phi) is 2.07. The summed E-state index contributed by atoms with van der Waals surface area (Å²) in [5.74, 6) is 0.379. The summed E-state index contributed by atoms with van der Waals surface area (Å²) in [5, 5.41) is 13.6. The molecule has 5 nitrogen and oxygen atoms in total. The third kappa shape index (κ3) is 1.52. The van der Waals surface area contributed by atoms with E-state index in [1.165, 1.54) is 30.7 Å². The Hall–Kier alpha value is -2.04. The van der Waals surface area contributed by atoms with E-state index in [-0.39, 0.29) is 11.5 Å². The second-order valence-corrected chi connectivity index (χ2v) is 3.18. The number of methoxy groups -OCH3 is 1. The molecule has 0 aliphatic carbocycles. The fourth-order valence-electron chi connectivity index (χ4n) is 1.33. The lowest BCUT2D eigenvalue weighted by Crippen LogP contribution is -1.94. The number of hydrogen-bond acceptors (Lipinski definition) is 4. The highest BCUT2D eigenvalue weighted by Gasteiger charge is 2.10. The molecule has 0 fully saturated rings. The molecule has 2 heterocycles. The molecule has 0 radical (unpaired) electrons. The lowest BCUT2D eigenvalue weighted by Gasteiger charge is -2.01. The maximum atomic E-state index is 11.1. The largest absolute Gasteiger partial charge is 0.506 e. The van der Waals surface area contributed by atoms with Crippen LogP contribution in [0.25, 0.3) is 5.52 Å². The number of fused-ring (bicyclic) bond motifs is 1. The van der Waals surface area contributed by atoms with E-state index in [4.69, 9.17) is 4.74 Å². The van der Waals surface area contributed by atoms with Gasteiger partial charge in [-0.05, 0) is 6.07 Å². The number of aromatic hydroxyl groups is 1. The van der Waals surface area contributed by atoms with Gasteiger partial charge in [-0.25, -0.2) is 4.52 Å². The zero-order valence-corrected chi connectivity index (χ0v) is 8.39. The second kappa shape index (κ2) is 3.27. The van der Waals surface area contributed by atoms with Gasteiger partial charge in [0.05, 0.1) is 13.3 Å². The molecule has 1 N–H and O–H groups in total. The zero-order valence-electron chi connectivity index (χ0n) is 8.39. The van der Waals surface area contributed by atoms with Crippen LogP contribution in [0.15, 0.2) is 18.3 Å². The summed E-state index contributed by atoms with van der Waals surface area (Å²) in [5.41, 5.74) is 0.805. The standard InChI is InChI=1S/C10H10N2O3/c1-6(13)8-4-9-10(14)3-7(15-2)5-12(9)11-8/h3-5,14H,1-2H3. The van der Waals surface area contributed by atoms with E-state index in [9.17, 15) is 9.90 Å². The molecule has 2 rings (SSSR count). The number of carbonyl (C=O) groups excluding carboxylic acids is 1. The Morgan fingerprint density at radius 2 is 2.27 bits per heavy atom. The average molecular weight is 206 g/mol. The van der Waals surface area contributed by atoms with E-state index >= 15 is 0 Å². The molecule has 2 aromatic heterocycles. The molecule has 0 amide bonds. The van der Waals surface area contributed by atoms with Crippen LogP contribution in [0.2, 0.25) is 0 Å². The van der Waals surface area contributed by atoms with Crippen LogP contribution < -0.4 is 4.74 Å². The Bertz CT molecular complexity index is 531. The first-order valence-corrected chi connectivity index (χ1v) is 4.39. The zero-order chi connectivity index (χ0) is 11.0. The van der Waals surface area contributed by atoms with Crippen molar-refractivity contribution >= 4 is 11.3 Å². The van der Waals surface area contributed by atoms with E-state index in [0.717, 1.165) is 0 Å². The van der Waals surface area contributed by atoms with Gasteiger partial charge in [0.2, 0.25) is 0 Å². The molecular formula is C10H10N2O3. The molecule has 0 saturated carbocycles. The first kappa shape index (κ1) is 9.51. The number of rotatable bonds is 2. The van der Waals surface area contributed by atoms with Crippen molar-refractivity contribution in [1.82, 2.24) is 9.61 Å². The van der Waals surface area contributed by atoms with Gasteiger partial charge in [0.1, 0.15) is 22.7 Å². The van der Waals surface area contributed by atoms with Crippen molar-refractivity contribution in [3.63, 3.8) is 0 Å². The summed E-state index contributed by atoms with van der Waals surface area (Å²) < 4.78 is 6.39. The smallest absolute Gasteiger partial charge is 0.180 e. The second-order valence-electron chi connectivity index (χ2n) is 3.18. The number of pyridine rings is 1. The van der Waals surface area contributed by atoms with Gasteiger partial charge in [0.15, 0.2) is 5.78 Å². The van der Waals surface area contributed by atoms with Crippen LogP contribution in [0.3, 0.4) is 0 Å². The number of nitrogens with zero attached hydrogens (tertiary/aromatic N) is 2. The molecule has 15 heavy (non-hydrogen) atoms. The van der Waals surface area contributed by atoms with E-state index in [1.54, 1.807) is 6.20 Å². The predicted molar refractivity (Wildman–Crippen MR) is 53.4 cm³/mol. The SMILES string of the molecule is COc1cc(O)c2cc(C(C)=O)nn2c1. The number of ketones is 1. The molecule has 0 aliphatic heterocycles. The molecule has 5 heteroatoms. The van der Waals surface area contributed by atoms with Crippen molar-refractivity contribution in [2.45, 2.75) is 6.92 Å². The molecule has 2 aromatic rings. The van der Waals surface area contributed by atoms with Gasteiger partial charge in [-0.1, -0.05) is 0 Å². The number of Topliss-reactive ketones (excluding diaryl/α,β-unsaturated/α-hetero) is 1. The van der Waals surface area contributed by atoms with Crippen LogP contribution in [0.1, 0.15) is 17.4 Å². The van der Waals surface area contributed by atoms with Crippen LogP contribution in [0, 0.1) is 0 Å². The predicted octanol–water partition coefficient (Wildman–Crippen LogP) is 1.25. The Morgan fingerprint density at radius 3 is 2.87 bits per heavy atom. The third-order valence-electron chi connectivity index (χ3n) is 2.12. The minimum atomic E-state index is -0.142. The monoisotopic (exact) mass is 206 g/mol. The summed E-state index contributed by atoms with van der Waals surface area (Å²) in [6, 6.07) is 3.01. The Morgan fingerprint density at radius 1 is 1.53 bits per heavy atom. The van der Waals surface area contributed by atoms with Crippen molar-refractivity contribution in [3.8, 4) is 11.5 Å². The Labute approximate surface area is 85.9 Å². The number of hydrogen-bond donors (Lipinski definition) is 1. The number of carbonyl (C=O) groups is 1. The average Bonchev–Trinajstić information content (AvgIpc) is 2.61. The molecule has 0 unspecified atom stereocenters. The molecule has 78 valence electrons. The minimum Gasteiger partial charge on any atom is -0.506 e. The van der Waals surface area contributed by atoms with E-state index in [0.29, 0.717) is 17.0 Å². The van der Waals surface area contributed by atoms with Crippen molar-refractivity contribution < 1.29 is 14.6 Å². The highest BCUT2D eigenvalue weighted by molar-refractivity contribution is 5.93. The van der Waals surface area contributed by atoms with Crippen molar-refractivity contribution in [2.75, 3.05) is 7.11 Å². The van der Waals surface area contributed by atoms with E-state index in [2.05, 4.69) is 5.10 Å². The summed E-state index contributed by atoms with van der Waals surface area (Å²) in [4.78, 5) is 11.1. The van der Waals surface area contributed by atoms with Crippen LogP contribution in [-0.4, -0.2) is 27.6 Å². The van der Waals surface area contributed by atoms with Crippen LogP contribution in [0.5, 0.6) is 11.5 Å². The summed E-state index contributed by atoms with van der Waals surface area (Å²) in [6.45, 7) is 1.43. The highest BCUT2D eigenvalue weighted by Crippen LogP contribution is 2.24. The molecule has 0 spiro atoms. The number of aromatic nitrogens is 2. The van der Waals surface area contributed by atoms with E-state index in [1.807, 2.05) is 0 Å². The molecule has 0 aromatic carbocycles. The highest BCUT2D eigenvalue weighted by atomic mass is 16.5.